The molecule has 27 heavy (non-hydrogen) atoms. The fourth-order valence-electron chi connectivity index (χ4n) is 4.66. The monoisotopic (exact) mass is 367 g/mol. The van der Waals surface area contributed by atoms with Gasteiger partial charge in [0.05, 0.1) is 5.56 Å². The van der Waals surface area contributed by atoms with Crippen molar-refractivity contribution in [1.82, 2.24) is 14.8 Å². The van der Waals surface area contributed by atoms with Crippen molar-refractivity contribution < 1.29 is 9.59 Å². The molecule has 1 aromatic carbocycles. The number of hydrogen-bond donors (Lipinski definition) is 1. The molecule has 2 aromatic rings. The molecule has 1 saturated carbocycles. The Balaban J connectivity index is 1.47. The molecule has 1 aromatic heterocycles. The topological polar surface area (TPSA) is 56.4 Å². The maximum atomic E-state index is 13.2. The van der Waals surface area contributed by atoms with Gasteiger partial charge in [0, 0.05) is 48.7 Å². The molecule has 5 nitrogen and oxygen atoms in total. The summed E-state index contributed by atoms with van der Waals surface area (Å²) >= 11 is 0. The van der Waals surface area contributed by atoms with Crippen molar-refractivity contribution in [2.75, 3.05) is 26.2 Å². The largest absolute Gasteiger partial charge is 0.358 e. The lowest BCUT2D eigenvalue weighted by molar-refractivity contribution is -0.136. The van der Waals surface area contributed by atoms with Crippen molar-refractivity contribution in [1.29, 1.82) is 0 Å². The van der Waals surface area contributed by atoms with Gasteiger partial charge in [0.2, 0.25) is 5.91 Å². The van der Waals surface area contributed by atoms with Gasteiger partial charge in [-0.3, -0.25) is 9.59 Å². The number of H-pyrrole nitrogens is 1. The molecule has 1 N–H and O–H groups in total. The van der Waals surface area contributed by atoms with Gasteiger partial charge in [-0.1, -0.05) is 37.5 Å². The number of benzene rings is 1. The number of aromatic amines is 1. The normalized spacial score (nSPS) is 19.3. The summed E-state index contributed by atoms with van der Waals surface area (Å²) in [5.74, 6) is 0.598. The predicted octanol–water partition coefficient (Wildman–Crippen LogP) is 3.73. The minimum atomic E-state index is 0.0805. The molecule has 0 bridgehead atoms. The Bertz CT molecular complexity index is 835. The lowest BCUT2D eigenvalue weighted by Gasteiger charge is -2.28. The molecule has 2 heterocycles. The number of nitrogens with zero attached hydrogens (tertiary/aromatic N) is 2. The molecular formula is C22H29N3O2. The summed E-state index contributed by atoms with van der Waals surface area (Å²) in [4.78, 5) is 33.3. The fraction of sp³-hybridized carbons (Fsp3) is 0.545. The van der Waals surface area contributed by atoms with Gasteiger partial charge in [0.25, 0.3) is 5.91 Å². The number of rotatable bonds is 2. The van der Waals surface area contributed by atoms with E-state index in [0.29, 0.717) is 25.5 Å². The first-order valence-electron chi connectivity index (χ1n) is 10.3. The van der Waals surface area contributed by atoms with E-state index in [2.05, 4.69) is 4.98 Å². The van der Waals surface area contributed by atoms with Gasteiger partial charge in [-0.25, -0.2) is 0 Å². The summed E-state index contributed by atoms with van der Waals surface area (Å²) < 4.78 is 0. The van der Waals surface area contributed by atoms with E-state index in [1.165, 1.54) is 19.3 Å². The van der Waals surface area contributed by atoms with Crippen molar-refractivity contribution in [3.8, 4) is 0 Å². The molecule has 2 amide bonds. The third-order valence-electron chi connectivity index (χ3n) is 6.16. The number of nitrogens with one attached hydrogen (secondary N) is 1. The Labute approximate surface area is 160 Å². The van der Waals surface area contributed by atoms with E-state index in [1.54, 1.807) is 0 Å². The highest BCUT2D eigenvalue weighted by Gasteiger charge is 2.29. The van der Waals surface area contributed by atoms with Crippen molar-refractivity contribution in [2.24, 2.45) is 5.92 Å². The van der Waals surface area contributed by atoms with Gasteiger partial charge < -0.3 is 14.8 Å². The van der Waals surface area contributed by atoms with Crippen molar-refractivity contribution in [3.63, 3.8) is 0 Å². The SMILES string of the molecule is Cc1[nH]c2ccccc2c1C(=O)N1CCCN(C(=O)C2CCCCC2)CC1. The molecule has 144 valence electrons. The first kappa shape index (κ1) is 18.1. The third-order valence-corrected chi connectivity index (χ3v) is 6.16. The van der Waals surface area contributed by atoms with Gasteiger partial charge in [-0.2, -0.15) is 0 Å². The second kappa shape index (κ2) is 7.75. The zero-order chi connectivity index (χ0) is 18.8. The van der Waals surface area contributed by atoms with Crippen LogP contribution >= 0.6 is 0 Å². The molecule has 1 aliphatic carbocycles. The summed E-state index contributed by atoms with van der Waals surface area (Å²) in [5.41, 5.74) is 2.69. The molecule has 5 heteroatoms. The van der Waals surface area contributed by atoms with Gasteiger partial charge >= 0.3 is 0 Å². The average Bonchev–Trinajstić information content (AvgIpc) is 2.87. The minimum absolute atomic E-state index is 0.0805. The Morgan fingerprint density at radius 1 is 0.926 bits per heavy atom. The highest BCUT2D eigenvalue weighted by molar-refractivity contribution is 6.08. The van der Waals surface area contributed by atoms with Crippen LogP contribution in [0.25, 0.3) is 10.9 Å². The zero-order valence-corrected chi connectivity index (χ0v) is 16.2. The molecule has 4 rings (SSSR count). The van der Waals surface area contributed by atoms with Crippen LogP contribution in [-0.2, 0) is 4.79 Å². The van der Waals surface area contributed by atoms with E-state index in [-0.39, 0.29) is 11.8 Å². The number of amides is 2. The van der Waals surface area contributed by atoms with E-state index in [1.807, 2.05) is 41.0 Å². The van der Waals surface area contributed by atoms with Crippen LogP contribution < -0.4 is 0 Å². The summed E-state index contributed by atoms with van der Waals surface area (Å²) in [6.45, 7) is 4.72. The van der Waals surface area contributed by atoms with Crippen LogP contribution in [0.15, 0.2) is 24.3 Å². The smallest absolute Gasteiger partial charge is 0.256 e. The minimum Gasteiger partial charge on any atom is -0.358 e. The molecule has 2 fully saturated rings. The van der Waals surface area contributed by atoms with E-state index < -0.39 is 0 Å². The lowest BCUT2D eigenvalue weighted by atomic mass is 9.88. The van der Waals surface area contributed by atoms with E-state index in [0.717, 1.165) is 48.0 Å². The van der Waals surface area contributed by atoms with Gasteiger partial charge in [-0.15, -0.1) is 0 Å². The van der Waals surface area contributed by atoms with Gasteiger partial charge in [-0.05, 0) is 32.3 Å². The molecule has 0 spiro atoms. The number of fused-ring (bicyclic) bond motifs is 1. The second-order valence-electron chi connectivity index (χ2n) is 7.98. The quantitative estimate of drug-likeness (QED) is 0.879. The van der Waals surface area contributed by atoms with Crippen LogP contribution in [-0.4, -0.2) is 52.8 Å². The molecule has 2 aliphatic rings. The van der Waals surface area contributed by atoms with Crippen molar-refractivity contribution in [2.45, 2.75) is 45.4 Å². The third kappa shape index (κ3) is 3.60. The van der Waals surface area contributed by atoms with Crippen LogP contribution in [0.3, 0.4) is 0 Å². The van der Waals surface area contributed by atoms with Crippen molar-refractivity contribution in [3.05, 3.63) is 35.5 Å². The standard InChI is InChI=1S/C22H29N3O2/c1-16-20(18-10-5-6-11-19(18)23-16)22(27)25-13-7-12-24(14-15-25)21(26)17-8-3-2-4-9-17/h5-6,10-11,17,23H,2-4,7-9,12-15H2,1H3. The summed E-state index contributed by atoms with van der Waals surface area (Å²) in [6, 6.07) is 7.96. The van der Waals surface area contributed by atoms with E-state index >= 15 is 0 Å². The average molecular weight is 367 g/mol. The zero-order valence-electron chi connectivity index (χ0n) is 16.2. The molecule has 0 atom stereocenters. The predicted molar refractivity (Wildman–Crippen MR) is 107 cm³/mol. The van der Waals surface area contributed by atoms with Crippen LogP contribution in [0, 0.1) is 12.8 Å². The number of carbonyl (C=O) groups is 2. The van der Waals surface area contributed by atoms with Gasteiger partial charge in [0.1, 0.15) is 0 Å². The Hall–Kier alpha value is -2.30. The van der Waals surface area contributed by atoms with Crippen LogP contribution in [0.1, 0.15) is 54.6 Å². The first-order valence-corrected chi connectivity index (χ1v) is 10.3. The Kier molecular flexibility index (Phi) is 5.19. The summed E-state index contributed by atoms with van der Waals surface area (Å²) in [7, 11) is 0. The first-order chi connectivity index (χ1) is 13.1. The van der Waals surface area contributed by atoms with Crippen LogP contribution in [0.2, 0.25) is 0 Å². The molecule has 1 aliphatic heterocycles. The van der Waals surface area contributed by atoms with Crippen molar-refractivity contribution >= 4 is 22.7 Å². The van der Waals surface area contributed by atoms with Crippen LogP contribution in [0.4, 0.5) is 0 Å². The number of para-hydroxylation sites is 1. The lowest BCUT2D eigenvalue weighted by Crippen LogP contribution is -2.40. The van der Waals surface area contributed by atoms with E-state index in [9.17, 15) is 9.59 Å². The molecule has 0 radical (unpaired) electrons. The molecule has 0 unspecified atom stereocenters. The second-order valence-corrected chi connectivity index (χ2v) is 7.98. The summed E-state index contributed by atoms with van der Waals surface area (Å²) in [6.07, 6.45) is 6.53. The number of carbonyl (C=O) groups excluding carboxylic acids is 2. The fourth-order valence-corrected chi connectivity index (χ4v) is 4.66. The molecule has 1 saturated heterocycles. The van der Waals surface area contributed by atoms with E-state index in [4.69, 9.17) is 0 Å². The van der Waals surface area contributed by atoms with Gasteiger partial charge in [0.15, 0.2) is 0 Å². The highest BCUT2D eigenvalue weighted by atomic mass is 16.2. The highest BCUT2D eigenvalue weighted by Crippen LogP contribution is 2.27. The molecular weight excluding hydrogens is 338 g/mol. The number of aromatic nitrogens is 1. The Morgan fingerprint density at radius 3 is 2.44 bits per heavy atom. The number of hydrogen-bond acceptors (Lipinski definition) is 2. The number of aryl methyl sites for hydroxylation is 1. The maximum absolute atomic E-state index is 13.2. The maximum Gasteiger partial charge on any atom is 0.256 e. The summed E-state index contributed by atoms with van der Waals surface area (Å²) in [5, 5.41) is 0.986. The Morgan fingerprint density at radius 2 is 1.63 bits per heavy atom. The van der Waals surface area contributed by atoms with Crippen LogP contribution in [0.5, 0.6) is 0 Å².